The maximum Gasteiger partial charge on any atom is 0.325 e. The maximum absolute atomic E-state index is 13.2. The number of ether oxygens (including phenoxy) is 1. The fraction of sp³-hybridized carbons (Fsp3) is 0.417. The van der Waals surface area contributed by atoms with Crippen molar-refractivity contribution in [2.75, 3.05) is 13.2 Å². The summed E-state index contributed by atoms with van der Waals surface area (Å²) >= 11 is 0. The fourth-order valence-electron chi connectivity index (χ4n) is 5.13. The van der Waals surface area contributed by atoms with E-state index in [-0.39, 0.29) is 25.2 Å². The Morgan fingerprint density at radius 3 is 2.73 bits per heavy atom. The molecule has 6 nitrogen and oxygen atoms in total. The first-order valence-corrected chi connectivity index (χ1v) is 10.7. The molecule has 2 N–H and O–H groups in total. The minimum absolute atomic E-state index is 0.0549. The lowest BCUT2D eigenvalue weighted by Crippen LogP contribution is -2.43. The van der Waals surface area contributed by atoms with Gasteiger partial charge in [-0.2, -0.15) is 0 Å². The van der Waals surface area contributed by atoms with Gasteiger partial charge in [0.1, 0.15) is 5.54 Å². The van der Waals surface area contributed by atoms with Crippen molar-refractivity contribution in [3.8, 4) is 0 Å². The van der Waals surface area contributed by atoms with Crippen molar-refractivity contribution in [1.82, 2.24) is 10.2 Å². The molecule has 1 heterocycles. The number of nitrogens with zero attached hydrogens (tertiary/aromatic N) is 1. The molecule has 2 aromatic rings. The molecule has 0 radical (unpaired) electrons. The molecule has 1 spiro atoms. The van der Waals surface area contributed by atoms with E-state index in [1.165, 1.54) is 11.1 Å². The van der Waals surface area contributed by atoms with Crippen molar-refractivity contribution >= 4 is 11.9 Å². The van der Waals surface area contributed by atoms with Gasteiger partial charge in [0.2, 0.25) is 0 Å². The smallest absolute Gasteiger partial charge is 0.325 e. The minimum Gasteiger partial charge on any atom is -0.389 e. The van der Waals surface area contributed by atoms with Crippen LogP contribution in [0.5, 0.6) is 0 Å². The summed E-state index contributed by atoms with van der Waals surface area (Å²) < 4.78 is 6.01. The second-order valence-corrected chi connectivity index (χ2v) is 8.48. The summed E-state index contributed by atoms with van der Waals surface area (Å²) in [5, 5.41) is 13.4. The lowest BCUT2D eigenvalue weighted by molar-refractivity contribution is -0.133. The molecule has 1 aliphatic heterocycles. The highest BCUT2D eigenvalue weighted by Gasteiger charge is 2.55. The summed E-state index contributed by atoms with van der Waals surface area (Å²) in [6, 6.07) is 15.5. The summed E-state index contributed by atoms with van der Waals surface area (Å²) in [6.45, 7) is 0.0165. The van der Waals surface area contributed by atoms with Gasteiger partial charge < -0.3 is 15.2 Å². The van der Waals surface area contributed by atoms with Gasteiger partial charge in [-0.3, -0.25) is 9.69 Å². The number of urea groups is 1. The van der Waals surface area contributed by atoms with Crippen molar-refractivity contribution in [2.24, 2.45) is 0 Å². The molecule has 6 heteroatoms. The highest BCUT2D eigenvalue weighted by molar-refractivity contribution is 6.08. The number of fused-ring (bicyclic) bond motifs is 3. The molecule has 3 atom stereocenters. The molecule has 3 amide bonds. The topological polar surface area (TPSA) is 78.9 Å². The molecular weight excluding hydrogens is 380 g/mol. The van der Waals surface area contributed by atoms with Gasteiger partial charge in [0.15, 0.2) is 0 Å². The van der Waals surface area contributed by atoms with E-state index in [2.05, 4.69) is 17.4 Å². The lowest BCUT2D eigenvalue weighted by Gasteiger charge is -2.27. The number of carbonyl (C=O) groups excluding carboxylic acids is 2. The predicted molar refractivity (Wildman–Crippen MR) is 111 cm³/mol. The number of benzene rings is 2. The third kappa shape index (κ3) is 3.11. The quantitative estimate of drug-likeness (QED) is 0.749. The van der Waals surface area contributed by atoms with Gasteiger partial charge in [0.05, 0.1) is 25.4 Å². The standard InChI is InChI=1S/C24H26N2O4/c27-18(15-30-21-11-5-8-16-6-1-3-9-19(16)21)14-26-22(28)24(25-23(26)29)13-12-17-7-2-4-10-20(17)24/h1-4,6-7,9-10,18,21,27H,5,8,11-15H2,(H,25,29)/t18-,21-,24+/m1/s1. The van der Waals surface area contributed by atoms with Crippen LogP contribution in [0.2, 0.25) is 0 Å². The molecule has 30 heavy (non-hydrogen) atoms. The Balaban J connectivity index is 1.25. The molecule has 3 aliphatic rings. The van der Waals surface area contributed by atoms with E-state index < -0.39 is 17.7 Å². The third-order valence-electron chi connectivity index (χ3n) is 6.62. The number of β-amino-alcohol motifs (C(OH)–C–C–N with tert-alkyl or cyclic N) is 1. The van der Waals surface area contributed by atoms with Crippen LogP contribution in [0.15, 0.2) is 48.5 Å². The Hall–Kier alpha value is -2.70. The van der Waals surface area contributed by atoms with E-state index in [0.29, 0.717) is 6.42 Å². The van der Waals surface area contributed by atoms with Crippen LogP contribution in [0.4, 0.5) is 4.79 Å². The van der Waals surface area contributed by atoms with E-state index in [1.807, 2.05) is 36.4 Å². The number of carbonyl (C=O) groups is 2. The molecule has 2 aliphatic carbocycles. The van der Waals surface area contributed by atoms with Crippen LogP contribution in [0.3, 0.4) is 0 Å². The van der Waals surface area contributed by atoms with E-state index in [1.54, 1.807) is 0 Å². The lowest BCUT2D eigenvalue weighted by atomic mass is 9.89. The highest BCUT2D eigenvalue weighted by Crippen LogP contribution is 2.41. The zero-order valence-electron chi connectivity index (χ0n) is 16.8. The van der Waals surface area contributed by atoms with Crippen molar-refractivity contribution in [2.45, 2.75) is 49.9 Å². The van der Waals surface area contributed by atoms with Crippen LogP contribution in [-0.2, 0) is 27.9 Å². The molecule has 156 valence electrons. The number of hydrogen-bond acceptors (Lipinski definition) is 4. The van der Waals surface area contributed by atoms with Crippen LogP contribution >= 0.6 is 0 Å². The Morgan fingerprint density at radius 1 is 1.10 bits per heavy atom. The van der Waals surface area contributed by atoms with E-state index in [4.69, 9.17) is 4.74 Å². The summed E-state index contributed by atoms with van der Waals surface area (Å²) in [5.74, 6) is -0.278. The molecular formula is C24H26N2O4. The zero-order valence-corrected chi connectivity index (χ0v) is 16.8. The molecule has 0 saturated carbocycles. The van der Waals surface area contributed by atoms with Crippen molar-refractivity contribution in [3.63, 3.8) is 0 Å². The van der Waals surface area contributed by atoms with Crippen molar-refractivity contribution < 1.29 is 19.4 Å². The van der Waals surface area contributed by atoms with Gasteiger partial charge in [-0.1, -0.05) is 48.5 Å². The van der Waals surface area contributed by atoms with E-state index in [9.17, 15) is 14.7 Å². The largest absolute Gasteiger partial charge is 0.389 e. The second kappa shape index (κ2) is 7.52. The highest BCUT2D eigenvalue weighted by atomic mass is 16.5. The summed E-state index contributed by atoms with van der Waals surface area (Å²) in [7, 11) is 0. The molecule has 1 saturated heterocycles. The Kier molecular flexibility index (Phi) is 4.83. The second-order valence-electron chi connectivity index (χ2n) is 8.48. The monoisotopic (exact) mass is 406 g/mol. The molecule has 5 rings (SSSR count). The molecule has 0 aromatic heterocycles. The Labute approximate surface area is 175 Å². The van der Waals surface area contributed by atoms with Crippen LogP contribution in [0.1, 0.15) is 47.6 Å². The first-order valence-electron chi connectivity index (χ1n) is 10.7. The molecule has 1 fully saturated rings. The number of aliphatic hydroxyl groups excluding tert-OH is 1. The first-order chi connectivity index (χ1) is 14.6. The molecule has 0 bridgehead atoms. The number of hydrogen-bond donors (Lipinski definition) is 2. The average Bonchev–Trinajstić information content (AvgIpc) is 3.25. The zero-order chi connectivity index (χ0) is 20.7. The summed E-state index contributed by atoms with van der Waals surface area (Å²) in [6.07, 6.45) is 3.33. The van der Waals surface area contributed by atoms with Crippen molar-refractivity contribution in [1.29, 1.82) is 0 Å². The van der Waals surface area contributed by atoms with Crippen LogP contribution in [0, 0.1) is 0 Å². The third-order valence-corrected chi connectivity index (χ3v) is 6.62. The minimum atomic E-state index is -0.990. The number of amides is 3. The summed E-state index contributed by atoms with van der Waals surface area (Å²) in [5.41, 5.74) is 3.44. The average molecular weight is 406 g/mol. The number of nitrogens with one attached hydrogen (secondary N) is 1. The Bertz CT molecular complexity index is 991. The van der Waals surface area contributed by atoms with Gasteiger partial charge in [0, 0.05) is 0 Å². The molecule has 0 unspecified atom stereocenters. The Morgan fingerprint density at radius 2 is 1.87 bits per heavy atom. The van der Waals surface area contributed by atoms with Gasteiger partial charge >= 0.3 is 6.03 Å². The van der Waals surface area contributed by atoms with Crippen LogP contribution < -0.4 is 5.32 Å². The maximum atomic E-state index is 13.2. The van der Waals surface area contributed by atoms with Crippen LogP contribution in [-0.4, -0.2) is 41.2 Å². The van der Waals surface area contributed by atoms with Gasteiger partial charge in [-0.15, -0.1) is 0 Å². The number of aliphatic hydroxyl groups is 1. The summed E-state index contributed by atoms with van der Waals surface area (Å²) in [4.78, 5) is 26.9. The SMILES string of the molecule is O=C1N[C@]2(CCc3ccccc32)C(=O)N1C[C@@H](O)CO[C@@H]1CCCc2ccccc21. The number of rotatable bonds is 5. The van der Waals surface area contributed by atoms with Crippen LogP contribution in [0.25, 0.3) is 0 Å². The normalized spacial score (nSPS) is 25.9. The number of aryl methyl sites for hydroxylation is 2. The fourth-order valence-corrected chi connectivity index (χ4v) is 5.13. The predicted octanol–water partition coefficient (Wildman–Crippen LogP) is 2.84. The van der Waals surface area contributed by atoms with E-state index >= 15 is 0 Å². The molecule has 2 aromatic carbocycles. The van der Waals surface area contributed by atoms with Gasteiger partial charge in [0.25, 0.3) is 5.91 Å². The van der Waals surface area contributed by atoms with Gasteiger partial charge in [-0.25, -0.2) is 4.79 Å². The van der Waals surface area contributed by atoms with Gasteiger partial charge in [-0.05, 0) is 54.4 Å². The van der Waals surface area contributed by atoms with E-state index in [0.717, 1.165) is 41.7 Å². The first kappa shape index (κ1) is 19.3. The van der Waals surface area contributed by atoms with Crippen molar-refractivity contribution in [3.05, 3.63) is 70.8 Å². The number of imide groups is 1.